The number of nitrogen functional groups attached to an aromatic ring is 1. The summed E-state index contributed by atoms with van der Waals surface area (Å²) in [5.74, 6) is -0.571. The van der Waals surface area contributed by atoms with Crippen molar-refractivity contribution < 1.29 is 9.90 Å². The molecule has 0 radical (unpaired) electrons. The van der Waals surface area contributed by atoms with Gasteiger partial charge >= 0.3 is 5.97 Å². The van der Waals surface area contributed by atoms with E-state index in [-0.39, 0.29) is 5.69 Å². The zero-order chi connectivity index (χ0) is 13.4. The topological polar surface area (TPSA) is 93.5 Å². The van der Waals surface area contributed by atoms with Gasteiger partial charge in [-0.15, -0.1) is 0 Å². The number of nitrogens with two attached hydrogens (primary N) is 1. The Morgan fingerprint density at radius 2 is 2.00 bits per heavy atom. The second kappa shape index (κ2) is 4.09. The lowest BCUT2D eigenvalue weighted by Crippen LogP contribution is -2.00. The minimum Gasteiger partial charge on any atom is -0.476 e. The summed E-state index contributed by atoms with van der Waals surface area (Å²) in [6, 6.07) is 6.94. The largest absolute Gasteiger partial charge is 0.476 e. The van der Waals surface area contributed by atoms with E-state index in [1.807, 2.05) is 0 Å². The van der Waals surface area contributed by atoms with E-state index in [1.165, 1.54) is 0 Å². The normalized spacial score (nSPS) is 10.7. The van der Waals surface area contributed by atoms with Gasteiger partial charge in [-0.05, 0) is 24.3 Å². The van der Waals surface area contributed by atoms with Crippen molar-refractivity contribution in [3.63, 3.8) is 0 Å². The standard InChI is InChI=1S/C13H10N4O2/c14-9-2-1-7-17-11(9)10(13(18)19)16-12(17)8-3-5-15-6-4-8/h1-7H,14H2,(H,18,19). The lowest BCUT2D eigenvalue weighted by atomic mass is 10.2. The first-order valence-corrected chi connectivity index (χ1v) is 5.58. The number of fused-ring (bicyclic) bond motifs is 1. The van der Waals surface area contributed by atoms with Crippen molar-refractivity contribution >= 4 is 17.2 Å². The highest BCUT2D eigenvalue weighted by Crippen LogP contribution is 2.25. The van der Waals surface area contributed by atoms with Crippen LogP contribution in [0.5, 0.6) is 0 Å². The number of rotatable bonds is 2. The van der Waals surface area contributed by atoms with Crippen LogP contribution in [0, 0.1) is 0 Å². The summed E-state index contributed by atoms with van der Waals surface area (Å²) in [5, 5.41) is 9.22. The van der Waals surface area contributed by atoms with Gasteiger partial charge in [0.15, 0.2) is 5.69 Å². The predicted molar refractivity (Wildman–Crippen MR) is 69.8 cm³/mol. The number of carboxylic acid groups (broad SMARTS) is 1. The lowest BCUT2D eigenvalue weighted by Gasteiger charge is -2.02. The maximum Gasteiger partial charge on any atom is 0.356 e. The first kappa shape index (κ1) is 11.2. The second-order valence-corrected chi connectivity index (χ2v) is 4.01. The number of nitrogens with zero attached hydrogens (tertiary/aromatic N) is 3. The van der Waals surface area contributed by atoms with Gasteiger partial charge in [-0.3, -0.25) is 9.38 Å². The molecule has 3 aromatic rings. The molecule has 3 N–H and O–H groups in total. The summed E-state index contributed by atoms with van der Waals surface area (Å²) in [6.07, 6.45) is 4.99. The van der Waals surface area contributed by atoms with Gasteiger partial charge in [0.25, 0.3) is 0 Å². The predicted octanol–water partition coefficient (Wildman–Crippen LogP) is 1.68. The molecule has 0 saturated carbocycles. The van der Waals surface area contributed by atoms with Crippen molar-refractivity contribution in [1.82, 2.24) is 14.4 Å². The maximum atomic E-state index is 11.3. The van der Waals surface area contributed by atoms with Gasteiger partial charge < -0.3 is 10.8 Å². The zero-order valence-electron chi connectivity index (χ0n) is 9.82. The van der Waals surface area contributed by atoms with Crippen molar-refractivity contribution in [1.29, 1.82) is 0 Å². The van der Waals surface area contributed by atoms with E-state index in [4.69, 9.17) is 5.73 Å². The van der Waals surface area contributed by atoms with Gasteiger partial charge in [-0.1, -0.05) is 0 Å². The highest BCUT2D eigenvalue weighted by Gasteiger charge is 2.19. The highest BCUT2D eigenvalue weighted by molar-refractivity contribution is 5.98. The van der Waals surface area contributed by atoms with Crippen LogP contribution < -0.4 is 5.73 Å². The fourth-order valence-electron chi connectivity index (χ4n) is 2.02. The van der Waals surface area contributed by atoms with Gasteiger partial charge in [0, 0.05) is 24.2 Å². The SMILES string of the molecule is Nc1cccn2c(-c3ccncc3)nc(C(=O)O)c12. The Kier molecular flexibility index (Phi) is 2.42. The molecule has 0 unspecified atom stereocenters. The molecular formula is C13H10N4O2. The zero-order valence-corrected chi connectivity index (χ0v) is 9.82. The van der Waals surface area contributed by atoms with Crippen molar-refractivity contribution in [2.24, 2.45) is 0 Å². The second-order valence-electron chi connectivity index (χ2n) is 4.01. The summed E-state index contributed by atoms with van der Waals surface area (Å²) >= 11 is 0. The molecule has 3 heterocycles. The van der Waals surface area contributed by atoms with E-state index in [0.717, 1.165) is 5.56 Å². The van der Waals surface area contributed by atoms with Crippen molar-refractivity contribution in [3.8, 4) is 11.4 Å². The third kappa shape index (κ3) is 1.70. The summed E-state index contributed by atoms with van der Waals surface area (Å²) in [6.45, 7) is 0. The van der Waals surface area contributed by atoms with Crippen molar-refractivity contribution in [2.45, 2.75) is 0 Å². The van der Waals surface area contributed by atoms with Crippen LogP contribution in [-0.2, 0) is 0 Å². The third-order valence-electron chi connectivity index (χ3n) is 2.84. The van der Waals surface area contributed by atoms with E-state index in [2.05, 4.69) is 9.97 Å². The molecule has 0 aliphatic rings. The molecule has 0 spiro atoms. The van der Waals surface area contributed by atoms with Crippen LogP contribution in [0.25, 0.3) is 16.9 Å². The van der Waals surface area contributed by atoms with Crippen LogP contribution >= 0.6 is 0 Å². The number of aromatic carboxylic acids is 1. The van der Waals surface area contributed by atoms with E-state index >= 15 is 0 Å². The highest BCUT2D eigenvalue weighted by atomic mass is 16.4. The van der Waals surface area contributed by atoms with Crippen LogP contribution in [-0.4, -0.2) is 25.4 Å². The summed E-state index contributed by atoms with van der Waals surface area (Å²) in [7, 11) is 0. The Hall–Kier alpha value is -2.89. The van der Waals surface area contributed by atoms with E-state index in [9.17, 15) is 9.90 Å². The monoisotopic (exact) mass is 254 g/mol. The molecule has 19 heavy (non-hydrogen) atoms. The molecule has 0 amide bonds. The van der Waals surface area contributed by atoms with Crippen LogP contribution in [0.3, 0.4) is 0 Å². The average Bonchev–Trinajstić information content (AvgIpc) is 2.81. The minimum absolute atomic E-state index is 0.0510. The maximum absolute atomic E-state index is 11.3. The number of carbonyl (C=O) groups is 1. The van der Waals surface area contributed by atoms with Gasteiger partial charge in [0.05, 0.1) is 5.69 Å². The molecule has 3 rings (SSSR count). The Labute approximate surface area is 108 Å². The molecule has 6 nitrogen and oxygen atoms in total. The fraction of sp³-hybridized carbons (Fsp3) is 0. The van der Waals surface area contributed by atoms with Crippen molar-refractivity contribution in [3.05, 3.63) is 48.5 Å². The van der Waals surface area contributed by atoms with E-state index in [1.54, 1.807) is 47.3 Å². The van der Waals surface area contributed by atoms with Crippen LogP contribution in [0.1, 0.15) is 10.5 Å². The van der Waals surface area contributed by atoms with Crippen LogP contribution in [0.2, 0.25) is 0 Å². The van der Waals surface area contributed by atoms with Crippen LogP contribution in [0.4, 0.5) is 5.69 Å². The number of pyridine rings is 2. The van der Waals surface area contributed by atoms with Gasteiger partial charge in [-0.25, -0.2) is 9.78 Å². The molecule has 0 bridgehead atoms. The molecule has 0 saturated heterocycles. The van der Waals surface area contributed by atoms with Gasteiger partial charge in [0.2, 0.25) is 0 Å². The first-order valence-electron chi connectivity index (χ1n) is 5.58. The number of imidazole rings is 1. The van der Waals surface area contributed by atoms with Gasteiger partial charge in [-0.2, -0.15) is 0 Å². The van der Waals surface area contributed by atoms with E-state index < -0.39 is 5.97 Å². The Morgan fingerprint density at radius 3 is 2.68 bits per heavy atom. The third-order valence-corrected chi connectivity index (χ3v) is 2.84. The molecule has 0 aromatic carbocycles. The van der Waals surface area contributed by atoms with Gasteiger partial charge in [0.1, 0.15) is 11.3 Å². The molecule has 0 aliphatic heterocycles. The quantitative estimate of drug-likeness (QED) is 0.725. The Bertz CT molecular complexity index is 765. The number of hydrogen-bond donors (Lipinski definition) is 2. The molecule has 0 aliphatic carbocycles. The summed E-state index contributed by atoms with van der Waals surface area (Å²) in [5.41, 5.74) is 7.37. The summed E-state index contributed by atoms with van der Waals surface area (Å²) < 4.78 is 1.67. The minimum atomic E-state index is -1.10. The number of aromatic nitrogens is 3. The lowest BCUT2D eigenvalue weighted by molar-refractivity contribution is 0.0693. The summed E-state index contributed by atoms with van der Waals surface area (Å²) in [4.78, 5) is 19.4. The molecule has 3 aromatic heterocycles. The molecule has 0 fully saturated rings. The molecule has 94 valence electrons. The Morgan fingerprint density at radius 1 is 1.26 bits per heavy atom. The van der Waals surface area contributed by atoms with E-state index in [0.29, 0.717) is 17.0 Å². The smallest absolute Gasteiger partial charge is 0.356 e. The molecular weight excluding hydrogens is 244 g/mol. The molecule has 0 atom stereocenters. The fourth-order valence-corrected chi connectivity index (χ4v) is 2.02. The number of carboxylic acids is 1. The number of hydrogen-bond acceptors (Lipinski definition) is 4. The number of anilines is 1. The average molecular weight is 254 g/mol. The van der Waals surface area contributed by atoms with Crippen LogP contribution in [0.15, 0.2) is 42.9 Å². The molecule has 6 heteroatoms. The Balaban J connectivity index is 2.39. The van der Waals surface area contributed by atoms with Crippen molar-refractivity contribution in [2.75, 3.05) is 5.73 Å². The first-order chi connectivity index (χ1) is 9.18.